The van der Waals surface area contributed by atoms with Crippen LogP contribution >= 0.6 is 0 Å². The van der Waals surface area contributed by atoms with Gasteiger partial charge in [0.05, 0.1) is 6.04 Å². The Morgan fingerprint density at radius 2 is 1.79 bits per heavy atom. The van der Waals surface area contributed by atoms with Crippen LogP contribution in [-0.2, 0) is 11.3 Å². The number of halogens is 2. The highest BCUT2D eigenvalue weighted by atomic mass is 19.1. The Labute approximate surface area is 165 Å². The van der Waals surface area contributed by atoms with E-state index in [0.29, 0.717) is 6.54 Å². The van der Waals surface area contributed by atoms with Crippen LogP contribution in [0.5, 0.6) is 0 Å². The zero-order valence-corrected chi connectivity index (χ0v) is 16.4. The van der Waals surface area contributed by atoms with Gasteiger partial charge in [-0.25, -0.2) is 8.78 Å². The Hall–Kier alpha value is -2.47. The molecule has 1 heterocycles. The summed E-state index contributed by atoms with van der Waals surface area (Å²) in [5.41, 5.74) is 1.78. The minimum atomic E-state index is -0.292. The molecule has 1 atom stereocenters. The third-order valence-corrected chi connectivity index (χ3v) is 5.31. The van der Waals surface area contributed by atoms with E-state index < -0.39 is 0 Å². The molecule has 150 valence electrons. The Balaban J connectivity index is 1.58. The van der Waals surface area contributed by atoms with E-state index in [9.17, 15) is 13.6 Å². The first kappa shape index (κ1) is 20.3. The minimum absolute atomic E-state index is 0.0273. The Bertz CT molecular complexity index is 797. The van der Waals surface area contributed by atoms with Gasteiger partial charge in [0.1, 0.15) is 11.6 Å². The maximum Gasteiger partial charge on any atom is 0.239 e. The van der Waals surface area contributed by atoms with Gasteiger partial charge >= 0.3 is 0 Å². The van der Waals surface area contributed by atoms with Crippen molar-refractivity contribution in [1.82, 2.24) is 9.80 Å². The highest BCUT2D eigenvalue weighted by Crippen LogP contribution is 2.18. The van der Waals surface area contributed by atoms with E-state index in [1.165, 1.54) is 24.3 Å². The van der Waals surface area contributed by atoms with Gasteiger partial charge in [-0.1, -0.05) is 12.1 Å². The summed E-state index contributed by atoms with van der Waals surface area (Å²) < 4.78 is 26.5. The first-order valence-electron chi connectivity index (χ1n) is 9.68. The number of likely N-dealkylation sites (N-methyl/N-ethyl adjacent to an activating group) is 1. The molecule has 6 heteroatoms. The van der Waals surface area contributed by atoms with Crippen molar-refractivity contribution in [3.8, 4) is 0 Å². The van der Waals surface area contributed by atoms with Crippen molar-refractivity contribution < 1.29 is 13.6 Å². The van der Waals surface area contributed by atoms with Crippen molar-refractivity contribution in [2.75, 3.05) is 38.1 Å². The van der Waals surface area contributed by atoms with Crippen molar-refractivity contribution in [3.05, 3.63) is 65.7 Å². The second-order valence-corrected chi connectivity index (χ2v) is 7.35. The van der Waals surface area contributed by atoms with Gasteiger partial charge in [-0.3, -0.25) is 9.69 Å². The molecule has 0 spiro atoms. The molecule has 0 bridgehead atoms. The molecule has 1 unspecified atom stereocenters. The average Bonchev–Trinajstić information content (AvgIpc) is 2.93. The molecule has 0 N–H and O–H groups in total. The first-order valence-corrected chi connectivity index (χ1v) is 9.68. The number of carbonyl (C=O) groups is 1. The Kier molecular flexibility index (Phi) is 6.62. The van der Waals surface area contributed by atoms with Crippen LogP contribution in [0.2, 0.25) is 0 Å². The van der Waals surface area contributed by atoms with Crippen LogP contribution in [0.1, 0.15) is 18.9 Å². The molecule has 1 saturated heterocycles. The fourth-order valence-corrected chi connectivity index (χ4v) is 3.70. The zero-order chi connectivity index (χ0) is 20.1. The third kappa shape index (κ3) is 5.07. The smallest absolute Gasteiger partial charge is 0.239 e. The van der Waals surface area contributed by atoms with Crippen LogP contribution in [0.4, 0.5) is 14.5 Å². The highest BCUT2D eigenvalue weighted by Gasteiger charge is 2.26. The van der Waals surface area contributed by atoms with Crippen LogP contribution in [0, 0.1) is 11.6 Å². The molecule has 2 aromatic rings. The molecular weight excluding hydrogens is 360 g/mol. The Morgan fingerprint density at radius 3 is 2.50 bits per heavy atom. The lowest BCUT2D eigenvalue weighted by Gasteiger charge is -2.30. The molecule has 1 fully saturated rings. The fourth-order valence-electron chi connectivity index (χ4n) is 3.70. The lowest BCUT2D eigenvalue weighted by molar-refractivity contribution is -0.135. The molecule has 28 heavy (non-hydrogen) atoms. The van der Waals surface area contributed by atoms with E-state index in [1.54, 1.807) is 30.1 Å². The van der Waals surface area contributed by atoms with E-state index in [-0.39, 0.29) is 23.6 Å². The van der Waals surface area contributed by atoms with Gasteiger partial charge in [0, 0.05) is 45.5 Å². The summed E-state index contributed by atoms with van der Waals surface area (Å²) in [5.74, 6) is -0.500. The van der Waals surface area contributed by atoms with Gasteiger partial charge in [-0.05, 0) is 55.3 Å². The van der Waals surface area contributed by atoms with Crippen molar-refractivity contribution in [2.45, 2.75) is 25.9 Å². The van der Waals surface area contributed by atoms with Crippen molar-refractivity contribution in [2.24, 2.45) is 0 Å². The van der Waals surface area contributed by atoms with E-state index in [0.717, 1.165) is 43.9 Å². The van der Waals surface area contributed by atoms with Crippen LogP contribution in [0.15, 0.2) is 48.5 Å². The second kappa shape index (κ2) is 9.15. The predicted octanol–water partition coefficient (Wildman–Crippen LogP) is 3.52. The maximum atomic E-state index is 13.4. The van der Waals surface area contributed by atoms with Gasteiger partial charge in [0.2, 0.25) is 5.91 Å². The summed E-state index contributed by atoms with van der Waals surface area (Å²) in [7, 11) is 1.76. The molecular formula is C22H27F2N3O. The zero-order valence-electron chi connectivity index (χ0n) is 16.4. The van der Waals surface area contributed by atoms with E-state index in [1.807, 2.05) is 13.0 Å². The molecule has 0 radical (unpaired) electrons. The number of amides is 1. The number of benzene rings is 2. The molecule has 0 aromatic heterocycles. The molecule has 3 rings (SSSR count). The second-order valence-electron chi connectivity index (χ2n) is 7.35. The largest absolute Gasteiger partial charge is 0.370 e. The fraction of sp³-hybridized carbons (Fsp3) is 0.409. The van der Waals surface area contributed by atoms with Crippen molar-refractivity contribution >= 4 is 11.6 Å². The van der Waals surface area contributed by atoms with Gasteiger partial charge in [0.15, 0.2) is 0 Å². The van der Waals surface area contributed by atoms with Gasteiger partial charge in [-0.2, -0.15) is 0 Å². The number of anilines is 1. The predicted molar refractivity (Wildman–Crippen MR) is 107 cm³/mol. The van der Waals surface area contributed by atoms with E-state index in [4.69, 9.17) is 0 Å². The lowest BCUT2D eigenvalue weighted by atomic mass is 10.2. The van der Waals surface area contributed by atoms with Crippen LogP contribution in [0.3, 0.4) is 0 Å². The number of hydrogen-bond donors (Lipinski definition) is 0. The molecule has 0 aliphatic carbocycles. The van der Waals surface area contributed by atoms with Crippen LogP contribution in [-0.4, -0.2) is 55.0 Å². The minimum Gasteiger partial charge on any atom is -0.370 e. The summed E-state index contributed by atoms with van der Waals surface area (Å²) in [6.45, 7) is 5.57. The molecule has 0 saturated carbocycles. The first-order chi connectivity index (χ1) is 13.4. The summed E-state index contributed by atoms with van der Waals surface area (Å²) in [6.07, 6.45) is 0.933. The number of carbonyl (C=O) groups excluding carboxylic acids is 1. The lowest BCUT2D eigenvalue weighted by Crippen LogP contribution is -2.46. The van der Waals surface area contributed by atoms with E-state index in [2.05, 4.69) is 9.80 Å². The highest BCUT2D eigenvalue weighted by molar-refractivity contribution is 5.81. The summed E-state index contributed by atoms with van der Waals surface area (Å²) in [5, 5.41) is 0. The number of rotatable bonds is 5. The SMILES string of the molecule is CC(C(=O)N(C)Cc1cccc(F)c1)N1CCCN(c2ccc(F)cc2)CC1. The van der Waals surface area contributed by atoms with Gasteiger partial charge < -0.3 is 9.80 Å². The standard InChI is InChI=1S/C22H27F2N3O/c1-17(22(28)25(2)16-18-5-3-6-20(24)15-18)26-11-4-12-27(14-13-26)21-9-7-19(23)8-10-21/h3,5-10,15,17H,4,11-14,16H2,1-2H3. The molecule has 1 aliphatic heterocycles. The van der Waals surface area contributed by atoms with Crippen molar-refractivity contribution in [3.63, 3.8) is 0 Å². The monoisotopic (exact) mass is 387 g/mol. The topological polar surface area (TPSA) is 26.8 Å². The van der Waals surface area contributed by atoms with Gasteiger partial charge in [0.25, 0.3) is 0 Å². The molecule has 2 aromatic carbocycles. The third-order valence-electron chi connectivity index (χ3n) is 5.31. The Morgan fingerprint density at radius 1 is 1.04 bits per heavy atom. The molecule has 1 amide bonds. The molecule has 4 nitrogen and oxygen atoms in total. The van der Waals surface area contributed by atoms with E-state index >= 15 is 0 Å². The van der Waals surface area contributed by atoms with Crippen molar-refractivity contribution in [1.29, 1.82) is 0 Å². The van der Waals surface area contributed by atoms with Gasteiger partial charge in [-0.15, -0.1) is 0 Å². The van der Waals surface area contributed by atoms with Crippen LogP contribution < -0.4 is 4.90 Å². The normalized spacial score (nSPS) is 16.5. The summed E-state index contributed by atoms with van der Waals surface area (Å²) in [6, 6.07) is 12.6. The molecule has 1 aliphatic rings. The number of hydrogen-bond acceptors (Lipinski definition) is 3. The average molecular weight is 387 g/mol. The summed E-state index contributed by atoms with van der Waals surface area (Å²) in [4.78, 5) is 18.9. The maximum absolute atomic E-state index is 13.4. The summed E-state index contributed by atoms with van der Waals surface area (Å²) >= 11 is 0. The quantitative estimate of drug-likeness (QED) is 0.785. The number of nitrogens with zero attached hydrogens (tertiary/aromatic N) is 3. The van der Waals surface area contributed by atoms with Crippen LogP contribution in [0.25, 0.3) is 0 Å².